The lowest BCUT2D eigenvalue weighted by molar-refractivity contribution is -0.131. The fourth-order valence-corrected chi connectivity index (χ4v) is 3.09. The zero-order valence-corrected chi connectivity index (χ0v) is 12.2. The molecule has 0 fully saturated rings. The largest absolute Gasteiger partial charge is 0.478 e. The van der Waals surface area contributed by atoms with Crippen molar-refractivity contribution in [2.75, 3.05) is 0 Å². The number of fused-ring (bicyclic) bond motifs is 1. The predicted molar refractivity (Wildman–Crippen MR) is 86.3 cm³/mol. The van der Waals surface area contributed by atoms with E-state index in [1.807, 2.05) is 42.5 Å². The summed E-state index contributed by atoms with van der Waals surface area (Å²) in [6, 6.07) is 16.0. The number of para-hydroxylation sites is 1. The summed E-state index contributed by atoms with van der Waals surface area (Å²) in [6.07, 6.45) is 1.23. The van der Waals surface area contributed by atoms with Crippen molar-refractivity contribution in [2.24, 2.45) is 0 Å². The minimum absolute atomic E-state index is 0.750. The molecule has 1 N–H and O–H groups in total. The number of hydrogen-bond acceptors (Lipinski definition) is 3. The summed E-state index contributed by atoms with van der Waals surface area (Å²) < 4.78 is 0. The Hall–Kier alpha value is -2.46. The number of benzene rings is 1. The molecule has 1 aromatic carbocycles. The van der Waals surface area contributed by atoms with Crippen molar-refractivity contribution >= 4 is 33.8 Å². The minimum atomic E-state index is -0.925. The molecule has 0 atom stereocenters. The third kappa shape index (κ3) is 2.85. The third-order valence-corrected chi connectivity index (χ3v) is 4.43. The van der Waals surface area contributed by atoms with Crippen LogP contribution in [0.15, 0.2) is 54.6 Å². The number of carboxylic acids is 1. The molecule has 0 aliphatic carbocycles. The predicted octanol–water partition coefficient (Wildman–Crippen LogP) is 4.45. The smallest absolute Gasteiger partial charge is 0.328 e. The van der Waals surface area contributed by atoms with E-state index in [1.54, 1.807) is 18.3 Å². The lowest BCUT2D eigenvalue weighted by Crippen LogP contribution is -1.88. The summed E-state index contributed by atoms with van der Waals surface area (Å²) in [4.78, 5) is 17.4. The van der Waals surface area contributed by atoms with Crippen LogP contribution in [0.25, 0.3) is 27.0 Å². The maximum atomic E-state index is 10.7. The van der Waals surface area contributed by atoms with Crippen LogP contribution in [0.5, 0.6) is 0 Å². The van der Waals surface area contributed by atoms with E-state index in [0.717, 1.165) is 31.9 Å². The summed E-state index contributed by atoms with van der Waals surface area (Å²) in [5.41, 5.74) is 2.62. The fourth-order valence-electron chi connectivity index (χ4n) is 2.15. The van der Waals surface area contributed by atoms with Crippen LogP contribution in [0.4, 0.5) is 0 Å². The second-order valence-corrected chi connectivity index (χ2v) is 5.80. The number of aliphatic carboxylic acids is 1. The number of pyridine rings is 1. The van der Waals surface area contributed by atoms with Gasteiger partial charge in [-0.15, -0.1) is 11.3 Å². The molecular formula is C17H13NO2S. The van der Waals surface area contributed by atoms with Crippen molar-refractivity contribution in [1.82, 2.24) is 4.98 Å². The van der Waals surface area contributed by atoms with Crippen LogP contribution in [-0.4, -0.2) is 16.1 Å². The van der Waals surface area contributed by atoms with Crippen LogP contribution in [0, 0.1) is 0 Å². The van der Waals surface area contributed by atoms with Crippen LogP contribution >= 0.6 is 11.3 Å². The average Bonchev–Trinajstić information content (AvgIpc) is 2.96. The maximum Gasteiger partial charge on any atom is 0.328 e. The van der Waals surface area contributed by atoms with E-state index in [2.05, 4.69) is 11.1 Å². The number of allylic oxidation sites excluding steroid dienone is 1. The number of carbonyl (C=O) groups is 1. The zero-order chi connectivity index (χ0) is 14.8. The van der Waals surface area contributed by atoms with Crippen molar-refractivity contribution in [3.05, 3.63) is 59.5 Å². The van der Waals surface area contributed by atoms with Gasteiger partial charge in [0, 0.05) is 16.3 Å². The van der Waals surface area contributed by atoms with Crippen LogP contribution < -0.4 is 0 Å². The van der Waals surface area contributed by atoms with Crippen molar-refractivity contribution in [1.29, 1.82) is 0 Å². The minimum Gasteiger partial charge on any atom is -0.478 e. The first-order valence-electron chi connectivity index (χ1n) is 6.51. The molecule has 0 unspecified atom stereocenters. The molecule has 0 spiro atoms. The Morgan fingerprint density at radius 3 is 2.76 bits per heavy atom. The molecule has 0 aliphatic rings. The van der Waals surface area contributed by atoms with E-state index in [4.69, 9.17) is 5.11 Å². The highest BCUT2D eigenvalue weighted by molar-refractivity contribution is 7.16. The number of thiophene rings is 1. The standard InChI is InChI=1S/C17H13NO2S/c1-11(10-17(19)20)15-8-9-16(21-15)14-7-6-12-4-2-3-5-13(12)18-14/h2-10H,1H3,(H,19,20)/b11-10+. The first kappa shape index (κ1) is 13.5. The lowest BCUT2D eigenvalue weighted by Gasteiger charge is -2.00. The summed E-state index contributed by atoms with van der Waals surface area (Å²) in [5.74, 6) is -0.925. The maximum absolute atomic E-state index is 10.7. The first-order chi connectivity index (χ1) is 10.1. The summed E-state index contributed by atoms with van der Waals surface area (Å²) in [6.45, 7) is 1.80. The van der Waals surface area contributed by atoms with Gasteiger partial charge >= 0.3 is 5.97 Å². The number of aromatic nitrogens is 1. The van der Waals surface area contributed by atoms with Crippen LogP contribution in [0.1, 0.15) is 11.8 Å². The molecule has 21 heavy (non-hydrogen) atoms. The second kappa shape index (κ2) is 5.50. The highest BCUT2D eigenvalue weighted by Gasteiger charge is 2.07. The number of hydrogen-bond donors (Lipinski definition) is 1. The Kier molecular flexibility index (Phi) is 3.54. The first-order valence-corrected chi connectivity index (χ1v) is 7.33. The Balaban J connectivity index is 2.00. The molecule has 0 radical (unpaired) electrons. The Morgan fingerprint density at radius 1 is 1.14 bits per heavy atom. The summed E-state index contributed by atoms with van der Waals surface area (Å²) >= 11 is 1.55. The van der Waals surface area contributed by atoms with Gasteiger partial charge in [0.15, 0.2) is 0 Å². The van der Waals surface area contributed by atoms with E-state index < -0.39 is 5.97 Å². The van der Waals surface area contributed by atoms with Crippen molar-refractivity contribution in [3.63, 3.8) is 0 Å². The molecular weight excluding hydrogens is 282 g/mol. The highest BCUT2D eigenvalue weighted by Crippen LogP contribution is 2.31. The number of rotatable bonds is 3. The molecule has 3 rings (SSSR count). The van der Waals surface area contributed by atoms with Gasteiger partial charge in [-0.3, -0.25) is 0 Å². The summed E-state index contributed by atoms with van der Waals surface area (Å²) in [7, 11) is 0. The Morgan fingerprint density at radius 2 is 1.95 bits per heavy atom. The van der Waals surface area contributed by atoms with Gasteiger partial charge in [-0.1, -0.05) is 24.3 Å². The Bertz CT molecular complexity index is 849. The van der Waals surface area contributed by atoms with Gasteiger partial charge in [-0.2, -0.15) is 0 Å². The molecule has 0 amide bonds. The topological polar surface area (TPSA) is 50.2 Å². The third-order valence-electron chi connectivity index (χ3n) is 3.19. The monoisotopic (exact) mass is 295 g/mol. The highest BCUT2D eigenvalue weighted by atomic mass is 32.1. The Labute approximate surface area is 126 Å². The lowest BCUT2D eigenvalue weighted by atomic mass is 10.2. The molecule has 0 saturated heterocycles. The van der Waals surface area contributed by atoms with Crippen LogP contribution in [0.2, 0.25) is 0 Å². The fraction of sp³-hybridized carbons (Fsp3) is 0.0588. The normalized spacial score (nSPS) is 11.8. The molecule has 3 nitrogen and oxygen atoms in total. The quantitative estimate of drug-likeness (QED) is 0.726. The van der Waals surface area contributed by atoms with Gasteiger partial charge in [-0.25, -0.2) is 9.78 Å². The molecule has 0 bridgehead atoms. The van der Waals surface area contributed by atoms with Crippen molar-refractivity contribution < 1.29 is 9.90 Å². The molecule has 3 aromatic rings. The molecule has 2 aromatic heterocycles. The van der Waals surface area contributed by atoms with Gasteiger partial charge in [-0.05, 0) is 36.8 Å². The molecule has 0 aliphatic heterocycles. The van der Waals surface area contributed by atoms with E-state index in [0.29, 0.717) is 0 Å². The second-order valence-electron chi connectivity index (χ2n) is 4.72. The average molecular weight is 295 g/mol. The molecule has 0 saturated carbocycles. The zero-order valence-electron chi connectivity index (χ0n) is 11.4. The van der Waals surface area contributed by atoms with Crippen molar-refractivity contribution in [3.8, 4) is 10.6 Å². The number of nitrogens with zero attached hydrogens (tertiary/aromatic N) is 1. The van der Waals surface area contributed by atoms with Crippen LogP contribution in [-0.2, 0) is 4.79 Å². The number of carboxylic acid groups (broad SMARTS) is 1. The van der Waals surface area contributed by atoms with E-state index in [-0.39, 0.29) is 0 Å². The van der Waals surface area contributed by atoms with Gasteiger partial charge in [0.2, 0.25) is 0 Å². The molecule has 104 valence electrons. The molecule has 4 heteroatoms. The van der Waals surface area contributed by atoms with Gasteiger partial charge in [0.05, 0.1) is 16.1 Å². The SMILES string of the molecule is C/C(=C\C(=O)O)c1ccc(-c2ccc3ccccc3n2)s1. The van der Waals surface area contributed by atoms with E-state index in [1.165, 1.54) is 6.08 Å². The van der Waals surface area contributed by atoms with Gasteiger partial charge < -0.3 is 5.11 Å². The van der Waals surface area contributed by atoms with Crippen molar-refractivity contribution in [2.45, 2.75) is 6.92 Å². The molecule has 2 heterocycles. The van der Waals surface area contributed by atoms with Crippen LogP contribution in [0.3, 0.4) is 0 Å². The van der Waals surface area contributed by atoms with E-state index >= 15 is 0 Å². The summed E-state index contributed by atoms with van der Waals surface area (Å²) in [5, 5.41) is 9.91. The van der Waals surface area contributed by atoms with E-state index in [9.17, 15) is 4.79 Å². The van der Waals surface area contributed by atoms with Gasteiger partial charge in [0.25, 0.3) is 0 Å². The van der Waals surface area contributed by atoms with Gasteiger partial charge in [0.1, 0.15) is 0 Å².